The Bertz CT molecular complexity index is 495. The van der Waals surface area contributed by atoms with Gasteiger partial charge >= 0.3 is 0 Å². The topological polar surface area (TPSA) is 18.5 Å². The number of rotatable bonds is 4. The zero-order valence-corrected chi connectivity index (χ0v) is 11.9. The van der Waals surface area contributed by atoms with Crippen LogP contribution in [0.5, 0.6) is 0 Å². The molecule has 3 aliphatic heterocycles. The third-order valence-corrected chi connectivity index (χ3v) is 5.08. The summed E-state index contributed by atoms with van der Waals surface area (Å²) in [4.78, 5) is 0. The second-order valence-corrected chi connectivity index (χ2v) is 6.25. The second kappa shape index (κ2) is 5.01. The lowest BCUT2D eigenvalue weighted by Crippen LogP contribution is -2.28. The fraction of sp³-hybridized carbons (Fsp3) is 0.556. The highest BCUT2D eigenvalue weighted by molar-refractivity contribution is 5.26. The Morgan fingerprint density at radius 1 is 0.950 bits per heavy atom. The van der Waals surface area contributed by atoms with Crippen LogP contribution in [0.4, 0.5) is 0 Å². The van der Waals surface area contributed by atoms with Gasteiger partial charge < -0.3 is 9.47 Å². The summed E-state index contributed by atoms with van der Waals surface area (Å²) in [5.41, 5.74) is 1.31. The van der Waals surface area contributed by atoms with Crippen molar-refractivity contribution in [3.63, 3.8) is 0 Å². The van der Waals surface area contributed by atoms with Gasteiger partial charge in [0.05, 0.1) is 24.4 Å². The number of unbranched alkanes of at least 4 members (excludes halogenated alkanes) is 1. The second-order valence-electron chi connectivity index (χ2n) is 6.25. The molecule has 20 heavy (non-hydrogen) atoms. The van der Waals surface area contributed by atoms with Crippen LogP contribution in [0, 0.1) is 11.8 Å². The molecule has 0 amide bonds. The Kier molecular flexibility index (Phi) is 3.16. The first-order valence-electron chi connectivity index (χ1n) is 7.92. The molecular formula is C18H22O2. The van der Waals surface area contributed by atoms with E-state index in [1.165, 1.54) is 24.8 Å². The number of hydrogen-bond donors (Lipinski definition) is 0. The molecule has 6 atom stereocenters. The molecule has 3 aliphatic rings. The fourth-order valence-electron chi connectivity index (χ4n) is 4.18. The first-order chi connectivity index (χ1) is 9.88. The molecule has 3 heterocycles. The summed E-state index contributed by atoms with van der Waals surface area (Å²) < 4.78 is 12.6. The molecule has 106 valence electrons. The van der Waals surface area contributed by atoms with Crippen molar-refractivity contribution in [2.75, 3.05) is 0 Å². The highest BCUT2D eigenvalue weighted by atomic mass is 16.5. The number of ether oxygens (including phenoxy) is 2. The van der Waals surface area contributed by atoms with Crippen LogP contribution in [0.25, 0.3) is 0 Å². The molecule has 2 nitrogen and oxygen atoms in total. The zero-order valence-electron chi connectivity index (χ0n) is 11.9. The molecule has 0 unspecified atom stereocenters. The van der Waals surface area contributed by atoms with Crippen molar-refractivity contribution >= 4 is 0 Å². The fourth-order valence-corrected chi connectivity index (χ4v) is 4.18. The molecule has 2 saturated heterocycles. The Morgan fingerprint density at radius 3 is 2.45 bits per heavy atom. The number of fused-ring (bicyclic) bond motifs is 5. The van der Waals surface area contributed by atoms with Gasteiger partial charge in [0.1, 0.15) is 0 Å². The van der Waals surface area contributed by atoms with Crippen LogP contribution in [0.3, 0.4) is 0 Å². The van der Waals surface area contributed by atoms with E-state index in [2.05, 4.69) is 49.4 Å². The number of hydrogen-bond acceptors (Lipinski definition) is 2. The van der Waals surface area contributed by atoms with Gasteiger partial charge in [-0.1, -0.05) is 62.2 Å². The lowest BCUT2D eigenvalue weighted by Gasteiger charge is -2.21. The van der Waals surface area contributed by atoms with Crippen LogP contribution in [0.2, 0.25) is 0 Å². The van der Waals surface area contributed by atoms with Crippen molar-refractivity contribution in [2.45, 2.75) is 50.6 Å². The first kappa shape index (κ1) is 12.6. The van der Waals surface area contributed by atoms with Gasteiger partial charge in [-0.3, -0.25) is 0 Å². The van der Waals surface area contributed by atoms with Crippen molar-refractivity contribution in [2.24, 2.45) is 11.8 Å². The van der Waals surface area contributed by atoms with Crippen LogP contribution in [-0.4, -0.2) is 18.3 Å². The quantitative estimate of drug-likeness (QED) is 0.773. The predicted octanol–water partition coefficient (Wildman–Crippen LogP) is 3.89. The normalized spacial score (nSPS) is 41.2. The molecule has 0 radical (unpaired) electrons. The Balaban J connectivity index is 1.63. The van der Waals surface area contributed by atoms with Gasteiger partial charge in [0.25, 0.3) is 0 Å². The van der Waals surface area contributed by atoms with Gasteiger partial charge in [-0.05, 0) is 12.0 Å². The smallest absolute Gasteiger partial charge is 0.0889 e. The third kappa shape index (κ3) is 1.86. The molecule has 2 bridgehead atoms. The average Bonchev–Trinajstić information content (AvgIpc) is 3.18. The van der Waals surface area contributed by atoms with Crippen LogP contribution in [0.1, 0.15) is 37.9 Å². The van der Waals surface area contributed by atoms with E-state index in [1.54, 1.807) is 0 Å². The van der Waals surface area contributed by atoms with Crippen molar-refractivity contribution in [1.82, 2.24) is 0 Å². The molecule has 1 aromatic carbocycles. The van der Waals surface area contributed by atoms with Crippen molar-refractivity contribution in [3.05, 3.63) is 48.0 Å². The molecule has 0 N–H and O–H groups in total. The van der Waals surface area contributed by atoms with Gasteiger partial charge in [-0.25, -0.2) is 0 Å². The monoisotopic (exact) mass is 270 g/mol. The Morgan fingerprint density at radius 2 is 1.70 bits per heavy atom. The largest absolute Gasteiger partial charge is 0.369 e. The van der Waals surface area contributed by atoms with E-state index < -0.39 is 0 Å². The van der Waals surface area contributed by atoms with Gasteiger partial charge in [0.2, 0.25) is 0 Å². The summed E-state index contributed by atoms with van der Waals surface area (Å²) in [5, 5.41) is 0. The van der Waals surface area contributed by atoms with Gasteiger partial charge in [-0.2, -0.15) is 0 Å². The number of benzene rings is 1. The van der Waals surface area contributed by atoms with Crippen LogP contribution in [-0.2, 0) is 9.47 Å². The molecule has 0 aliphatic carbocycles. The maximum Gasteiger partial charge on any atom is 0.0889 e. The molecule has 2 heteroatoms. The minimum atomic E-state index is 0.211. The molecule has 0 aromatic heterocycles. The minimum Gasteiger partial charge on any atom is -0.369 e. The summed E-state index contributed by atoms with van der Waals surface area (Å²) in [5.74, 6) is 1.07. The maximum atomic E-state index is 6.48. The first-order valence-corrected chi connectivity index (χ1v) is 7.92. The zero-order chi connectivity index (χ0) is 13.5. The third-order valence-electron chi connectivity index (χ3n) is 5.08. The van der Waals surface area contributed by atoms with E-state index in [-0.39, 0.29) is 12.2 Å². The lowest BCUT2D eigenvalue weighted by atomic mass is 9.77. The van der Waals surface area contributed by atoms with Gasteiger partial charge in [-0.15, -0.1) is 0 Å². The molecule has 0 saturated carbocycles. The van der Waals surface area contributed by atoms with E-state index in [9.17, 15) is 0 Å². The Labute approximate surface area is 120 Å². The highest BCUT2D eigenvalue weighted by Gasteiger charge is 2.57. The van der Waals surface area contributed by atoms with Gasteiger partial charge in [0.15, 0.2) is 0 Å². The lowest BCUT2D eigenvalue weighted by molar-refractivity contribution is -0.0262. The van der Waals surface area contributed by atoms with E-state index in [0.717, 1.165) is 0 Å². The van der Waals surface area contributed by atoms with E-state index in [1.807, 2.05) is 0 Å². The SMILES string of the molecule is CCCC[C@@H]1O[C@@H](c2ccccc2)[C@@H]2[C@@H]1[C@H]1C=C[C@@H]2O1. The Hall–Kier alpha value is -1.12. The van der Waals surface area contributed by atoms with Crippen molar-refractivity contribution in [1.29, 1.82) is 0 Å². The van der Waals surface area contributed by atoms with E-state index in [0.29, 0.717) is 24.0 Å². The van der Waals surface area contributed by atoms with E-state index in [4.69, 9.17) is 9.47 Å². The van der Waals surface area contributed by atoms with Crippen LogP contribution >= 0.6 is 0 Å². The maximum absolute atomic E-state index is 6.48. The molecule has 2 fully saturated rings. The highest BCUT2D eigenvalue weighted by Crippen LogP contribution is 2.55. The summed E-state index contributed by atoms with van der Waals surface area (Å²) in [7, 11) is 0. The van der Waals surface area contributed by atoms with Crippen molar-refractivity contribution in [3.8, 4) is 0 Å². The summed E-state index contributed by atoms with van der Waals surface area (Å²) in [6, 6.07) is 10.7. The summed E-state index contributed by atoms with van der Waals surface area (Å²) in [6.07, 6.45) is 9.28. The van der Waals surface area contributed by atoms with Crippen molar-refractivity contribution < 1.29 is 9.47 Å². The van der Waals surface area contributed by atoms with Crippen LogP contribution in [0.15, 0.2) is 42.5 Å². The van der Waals surface area contributed by atoms with Crippen LogP contribution < -0.4 is 0 Å². The molecule has 1 aromatic rings. The standard InChI is InChI=1S/C18H22O2/c1-2-3-9-13-16-14-10-11-15(19-14)17(16)18(20-13)12-7-5-4-6-8-12/h4-8,10-11,13-18H,2-3,9H2,1H3/t13-,14+,15-,16-,17-,18-/m0/s1. The molecule has 0 spiro atoms. The van der Waals surface area contributed by atoms with Gasteiger partial charge in [0, 0.05) is 11.8 Å². The summed E-state index contributed by atoms with van der Waals surface area (Å²) in [6.45, 7) is 2.25. The minimum absolute atomic E-state index is 0.211. The summed E-state index contributed by atoms with van der Waals surface area (Å²) >= 11 is 0. The van der Waals surface area contributed by atoms with E-state index >= 15 is 0 Å². The average molecular weight is 270 g/mol. The molecular weight excluding hydrogens is 248 g/mol. The molecule has 4 rings (SSSR count). The predicted molar refractivity (Wildman–Crippen MR) is 78.4 cm³/mol.